The molecule has 0 radical (unpaired) electrons. The zero-order valence-electron chi connectivity index (χ0n) is 12.4. The van der Waals surface area contributed by atoms with Gasteiger partial charge in [0.15, 0.2) is 0 Å². The highest BCUT2D eigenvalue weighted by Gasteiger charge is 2.17. The number of ether oxygens (including phenoxy) is 3. The molecule has 108 valence electrons. The fraction of sp³-hybridized carbons (Fsp3) is 0.600. The SMILES string of the molecule is COc1ccc([C@H](C)O)c(OCCC(C)(C)OC)c1. The summed E-state index contributed by atoms with van der Waals surface area (Å²) >= 11 is 0. The summed E-state index contributed by atoms with van der Waals surface area (Å²) in [5.74, 6) is 1.37. The van der Waals surface area contributed by atoms with E-state index in [0.717, 1.165) is 12.0 Å². The average molecular weight is 268 g/mol. The Balaban J connectivity index is 2.75. The van der Waals surface area contributed by atoms with Crippen LogP contribution in [0.15, 0.2) is 18.2 Å². The number of hydrogen-bond acceptors (Lipinski definition) is 4. The van der Waals surface area contributed by atoms with Crippen molar-refractivity contribution in [3.05, 3.63) is 23.8 Å². The lowest BCUT2D eigenvalue weighted by Crippen LogP contribution is -2.25. The summed E-state index contributed by atoms with van der Waals surface area (Å²) < 4.78 is 16.3. The number of aliphatic hydroxyl groups excluding tert-OH is 1. The smallest absolute Gasteiger partial charge is 0.128 e. The Labute approximate surface area is 115 Å². The minimum atomic E-state index is -0.573. The number of aliphatic hydroxyl groups is 1. The van der Waals surface area contributed by atoms with Crippen molar-refractivity contribution in [2.75, 3.05) is 20.8 Å². The van der Waals surface area contributed by atoms with E-state index in [2.05, 4.69) is 0 Å². The van der Waals surface area contributed by atoms with Crippen LogP contribution in [0, 0.1) is 0 Å². The van der Waals surface area contributed by atoms with E-state index in [1.807, 2.05) is 26.0 Å². The molecule has 0 aliphatic carbocycles. The van der Waals surface area contributed by atoms with Crippen LogP contribution in [0.1, 0.15) is 38.9 Å². The third kappa shape index (κ3) is 4.73. The molecule has 1 N–H and O–H groups in total. The molecule has 0 bridgehead atoms. The predicted octanol–water partition coefficient (Wildman–Crippen LogP) is 2.94. The van der Waals surface area contributed by atoms with Crippen LogP contribution < -0.4 is 9.47 Å². The van der Waals surface area contributed by atoms with Gasteiger partial charge in [-0.3, -0.25) is 0 Å². The fourth-order valence-corrected chi connectivity index (χ4v) is 1.62. The Morgan fingerprint density at radius 1 is 1.26 bits per heavy atom. The van der Waals surface area contributed by atoms with Gasteiger partial charge in [0.25, 0.3) is 0 Å². The molecule has 0 unspecified atom stereocenters. The van der Waals surface area contributed by atoms with Gasteiger partial charge in [0.1, 0.15) is 11.5 Å². The van der Waals surface area contributed by atoms with Crippen LogP contribution in [-0.2, 0) is 4.74 Å². The van der Waals surface area contributed by atoms with Crippen molar-refractivity contribution in [3.63, 3.8) is 0 Å². The highest BCUT2D eigenvalue weighted by Crippen LogP contribution is 2.30. The van der Waals surface area contributed by atoms with E-state index in [9.17, 15) is 5.11 Å². The highest BCUT2D eigenvalue weighted by molar-refractivity contribution is 5.41. The van der Waals surface area contributed by atoms with Gasteiger partial charge < -0.3 is 19.3 Å². The summed E-state index contributed by atoms with van der Waals surface area (Å²) in [7, 11) is 3.29. The number of hydrogen-bond donors (Lipinski definition) is 1. The van der Waals surface area contributed by atoms with Gasteiger partial charge >= 0.3 is 0 Å². The fourth-order valence-electron chi connectivity index (χ4n) is 1.62. The molecular weight excluding hydrogens is 244 g/mol. The maximum atomic E-state index is 9.73. The van der Waals surface area contributed by atoms with Crippen molar-refractivity contribution in [2.24, 2.45) is 0 Å². The molecule has 0 spiro atoms. The number of rotatable bonds is 7. The molecule has 0 aliphatic heterocycles. The first kappa shape index (κ1) is 15.8. The normalized spacial score (nSPS) is 13.2. The maximum absolute atomic E-state index is 9.73. The van der Waals surface area contributed by atoms with Crippen LogP contribution >= 0.6 is 0 Å². The van der Waals surface area contributed by atoms with Crippen molar-refractivity contribution in [1.29, 1.82) is 0 Å². The largest absolute Gasteiger partial charge is 0.497 e. The topological polar surface area (TPSA) is 47.9 Å². The molecular formula is C15H24O4. The van der Waals surface area contributed by atoms with Gasteiger partial charge in [-0.15, -0.1) is 0 Å². The van der Waals surface area contributed by atoms with Crippen LogP contribution in [0.5, 0.6) is 11.5 Å². The molecule has 4 nitrogen and oxygen atoms in total. The lowest BCUT2D eigenvalue weighted by atomic mass is 10.1. The molecule has 1 rings (SSSR count). The first-order valence-corrected chi connectivity index (χ1v) is 6.43. The van der Waals surface area contributed by atoms with E-state index in [1.54, 1.807) is 27.2 Å². The molecule has 0 heterocycles. The van der Waals surface area contributed by atoms with E-state index in [0.29, 0.717) is 18.1 Å². The summed E-state index contributed by atoms with van der Waals surface area (Å²) in [4.78, 5) is 0. The van der Waals surface area contributed by atoms with Crippen LogP contribution in [0.3, 0.4) is 0 Å². The molecule has 1 aromatic rings. The second-order valence-electron chi connectivity index (χ2n) is 5.14. The Hall–Kier alpha value is -1.26. The van der Waals surface area contributed by atoms with Crippen molar-refractivity contribution in [3.8, 4) is 11.5 Å². The van der Waals surface area contributed by atoms with Gasteiger partial charge in [-0.25, -0.2) is 0 Å². The zero-order valence-corrected chi connectivity index (χ0v) is 12.4. The zero-order chi connectivity index (χ0) is 14.5. The van der Waals surface area contributed by atoms with E-state index in [-0.39, 0.29) is 5.60 Å². The molecule has 0 aromatic heterocycles. The molecule has 1 atom stereocenters. The summed E-state index contributed by atoms with van der Waals surface area (Å²) in [6, 6.07) is 5.43. The molecule has 0 saturated heterocycles. The van der Waals surface area contributed by atoms with Crippen LogP contribution in [-0.4, -0.2) is 31.5 Å². The van der Waals surface area contributed by atoms with E-state index in [4.69, 9.17) is 14.2 Å². The summed E-state index contributed by atoms with van der Waals surface area (Å²) in [6.07, 6.45) is 0.191. The maximum Gasteiger partial charge on any atom is 0.128 e. The molecule has 1 aromatic carbocycles. The van der Waals surface area contributed by atoms with E-state index in [1.165, 1.54) is 0 Å². The Morgan fingerprint density at radius 2 is 1.95 bits per heavy atom. The number of benzene rings is 1. The molecule has 0 aliphatic rings. The summed E-state index contributed by atoms with van der Waals surface area (Å²) in [5, 5.41) is 9.73. The van der Waals surface area contributed by atoms with Gasteiger partial charge in [-0.05, 0) is 32.9 Å². The number of methoxy groups -OCH3 is 2. The van der Waals surface area contributed by atoms with Gasteiger partial charge in [-0.2, -0.15) is 0 Å². The minimum Gasteiger partial charge on any atom is -0.497 e. The molecule has 0 saturated carbocycles. The highest BCUT2D eigenvalue weighted by atomic mass is 16.5. The Morgan fingerprint density at radius 3 is 2.47 bits per heavy atom. The van der Waals surface area contributed by atoms with Crippen molar-refractivity contribution in [1.82, 2.24) is 0 Å². The summed E-state index contributed by atoms with van der Waals surface area (Å²) in [6.45, 7) is 6.26. The van der Waals surface area contributed by atoms with Crippen LogP contribution in [0.4, 0.5) is 0 Å². The molecule has 0 fully saturated rings. The Kier molecular flexibility index (Phi) is 5.63. The Bertz CT molecular complexity index is 399. The average Bonchev–Trinajstić information content (AvgIpc) is 2.38. The standard InChI is InChI=1S/C15H24O4/c1-11(16)13-7-6-12(17-4)10-14(13)19-9-8-15(2,3)18-5/h6-7,10-11,16H,8-9H2,1-5H3/t11-/m0/s1. The molecule has 0 amide bonds. The van der Waals surface area contributed by atoms with Crippen molar-refractivity contribution < 1.29 is 19.3 Å². The second-order valence-corrected chi connectivity index (χ2v) is 5.14. The van der Waals surface area contributed by atoms with Crippen LogP contribution in [0.2, 0.25) is 0 Å². The lowest BCUT2D eigenvalue weighted by Gasteiger charge is -2.23. The second kappa shape index (κ2) is 6.78. The minimum absolute atomic E-state index is 0.218. The lowest BCUT2D eigenvalue weighted by molar-refractivity contribution is 0.00521. The summed E-state index contributed by atoms with van der Waals surface area (Å²) in [5.41, 5.74) is 0.542. The van der Waals surface area contributed by atoms with E-state index < -0.39 is 6.10 Å². The van der Waals surface area contributed by atoms with Gasteiger partial charge in [0.05, 0.1) is 25.4 Å². The van der Waals surface area contributed by atoms with Crippen LogP contribution in [0.25, 0.3) is 0 Å². The molecule has 4 heteroatoms. The first-order valence-electron chi connectivity index (χ1n) is 6.43. The van der Waals surface area contributed by atoms with Gasteiger partial charge in [0.2, 0.25) is 0 Å². The predicted molar refractivity (Wildman–Crippen MR) is 74.8 cm³/mol. The van der Waals surface area contributed by atoms with Crippen molar-refractivity contribution in [2.45, 2.75) is 38.9 Å². The first-order chi connectivity index (χ1) is 8.89. The van der Waals surface area contributed by atoms with Gasteiger partial charge in [-0.1, -0.05) is 0 Å². The van der Waals surface area contributed by atoms with E-state index >= 15 is 0 Å². The van der Waals surface area contributed by atoms with Gasteiger partial charge in [0, 0.05) is 25.2 Å². The third-order valence-electron chi connectivity index (χ3n) is 3.19. The monoisotopic (exact) mass is 268 g/mol. The van der Waals surface area contributed by atoms with Crippen molar-refractivity contribution >= 4 is 0 Å². The molecule has 19 heavy (non-hydrogen) atoms. The quantitative estimate of drug-likeness (QED) is 0.826. The third-order valence-corrected chi connectivity index (χ3v) is 3.19.